The lowest BCUT2D eigenvalue weighted by molar-refractivity contribution is -0.161. The highest BCUT2D eigenvalue weighted by atomic mass is 28.4. The normalized spacial score (nSPS) is 24.4. The number of methoxy groups -OCH3 is 1. The summed E-state index contributed by atoms with van der Waals surface area (Å²) in [5.41, 5.74) is -1.31. The highest BCUT2D eigenvalue weighted by Crippen LogP contribution is 2.47. The number of H-pyrrole nitrogens is 1. The molecule has 0 unspecified atom stereocenters. The molecule has 0 amide bonds. The van der Waals surface area contributed by atoms with Gasteiger partial charge in [-0.15, -0.1) is 0 Å². The molecular formula is C29H32N2O8Si. The molecule has 5 atom stereocenters. The summed E-state index contributed by atoms with van der Waals surface area (Å²) >= 11 is 0. The molecule has 2 aliphatic rings. The Morgan fingerprint density at radius 1 is 0.975 bits per heavy atom. The van der Waals surface area contributed by atoms with Crippen LogP contribution in [0.15, 0.2) is 82.5 Å². The topological polar surface area (TPSA) is 126 Å². The minimum absolute atomic E-state index is 0.0320. The van der Waals surface area contributed by atoms with Crippen molar-refractivity contribution in [1.82, 2.24) is 9.55 Å². The molecule has 0 saturated carbocycles. The van der Waals surface area contributed by atoms with Gasteiger partial charge in [-0.2, -0.15) is 0 Å². The molecule has 1 N–H and O–H groups in total. The van der Waals surface area contributed by atoms with Crippen molar-refractivity contribution in [2.45, 2.75) is 44.2 Å². The van der Waals surface area contributed by atoms with E-state index in [2.05, 4.69) is 50.0 Å². The van der Waals surface area contributed by atoms with E-state index in [4.69, 9.17) is 18.6 Å². The summed E-state index contributed by atoms with van der Waals surface area (Å²) in [6, 6.07) is 21.3. The summed E-state index contributed by atoms with van der Waals surface area (Å²) in [4.78, 5) is 52.2. The fourth-order valence-corrected chi connectivity index (χ4v) is 10.6. The molecule has 2 aliphatic heterocycles. The molecule has 11 heteroatoms. The van der Waals surface area contributed by atoms with Crippen molar-refractivity contribution in [3.8, 4) is 0 Å². The van der Waals surface area contributed by atoms with Crippen LogP contribution in [0.3, 0.4) is 0 Å². The van der Waals surface area contributed by atoms with Crippen LogP contribution >= 0.6 is 0 Å². The van der Waals surface area contributed by atoms with Crippen LogP contribution in [-0.4, -0.2) is 55.7 Å². The fourth-order valence-electron chi connectivity index (χ4n) is 5.99. The van der Waals surface area contributed by atoms with Crippen LogP contribution in [-0.2, 0) is 28.2 Å². The average molecular weight is 565 g/mol. The van der Waals surface area contributed by atoms with E-state index >= 15 is 0 Å². The molecule has 2 aromatic carbocycles. The van der Waals surface area contributed by atoms with Crippen LogP contribution < -0.4 is 21.6 Å². The van der Waals surface area contributed by atoms with E-state index in [1.54, 1.807) is 0 Å². The Morgan fingerprint density at radius 2 is 1.57 bits per heavy atom. The quantitative estimate of drug-likeness (QED) is 0.259. The first-order valence-electron chi connectivity index (χ1n) is 13.1. The minimum Gasteiger partial charge on any atom is -0.468 e. The number of hydrogen-bond donors (Lipinski definition) is 1. The van der Waals surface area contributed by atoms with Gasteiger partial charge in [-0.1, -0.05) is 81.4 Å². The smallest absolute Gasteiger partial charge is 0.330 e. The van der Waals surface area contributed by atoms with Crippen LogP contribution in [0.1, 0.15) is 27.0 Å². The zero-order chi connectivity index (χ0) is 28.7. The monoisotopic (exact) mass is 564 g/mol. The number of hydrogen-bond acceptors (Lipinski definition) is 8. The molecule has 10 nitrogen and oxygen atoms in total. The Labute approximate surface area is 232 Å². The van der Waals surface area contributed by atoms with Crippen molar-refractivity contribution in [1.29, 1.82) is 0 Å². The van der Waals surface area contributed by atoms with Gasteiger partial charge >= 0.3 is 17.6 Å². The number of benzene rings is 2. The molecule has 0 spiro atoms. The number of carbonyl (C=O) groups excluding carboxylic acids is 2. The lowest BCUT2D eigenvalue weighted by Crippen LogP contribution is -2.67. The third-order valence-electron chi connectivity index (χ3n) is 7.74. The minimum atomic E-state index is -2.97. The molecule has 1 aromatic heterocycles. The van der Waals surface area contributed by atoms with Crippen LogP contribution in [0.25, 0.3) is 0 Å². The molecule has 0 aliphatic carbocycles. The Kier molecular flexibility index (Phi) is 7.38. The van der Waals surface area contributed by atoms with E-state index in [0.717, 1.165) is 10.4 Å². The van der Waals surface area contributed by atoms with Gasteiger partial charge in [0.1, 0.15) is 18.4 Å². The van der Waals surface area contributed by atoms with E-state index in [-0.39, 0.29) is 11.6 Å². The first-order valence-corrected chi connectivity index (χ1v) is 15.0. The predicted molar refractivity (Wildman–Crippen MR) is 148 cm³/mol. The van der Waals surface area contributed by atoms with Crippen molar-refractivity contribution in [3.63, 3.8) is 0 Å². The molecule has 3 heterocycles. The van der Waals surface area contributed by atoms with Crippen LogP contribution in [0.2, 0.25) is 5.04 Å². The van der Waals surface area contributed by atoms with E-state index in [0.29, 0.717) is 0 Å². The van der Waals surface area contributed by atoms with E-state index in [9.17, 15) is 19.2 Å². The molecule has 0 radical (unpaired) electrons. The summed E-state index contributed by atoms with van der Waals surface area (Å²) in [5, 5.41) is 1.81. The van der Waals surface area contributed by atoms with Crippen molar-refractivity contribution in [3.05, 3.63) is 93.8 Å². The number of rotatable bonds is 7. The molecule has 2 saturated heterocycles. The number of ether oxygens (including phenoxy) is 3. The van der Waals surface area contributed by atoms with Crippen LogP contribution in [0.4, 0.5) is 0 Å². The number of fused-ring (bicyclic) bond motifs is 1. The van der Waals surface area contributed by atoms with Crippen molar-refractivity contribution < 1.29 is 28.2 Å². The fraction of sp³-hybridized carbons (Fsp3) is 0.379. The Bertz CT molecular complexity index is 1460. The van der Waals surface area contributed by atoms with Crippen molar-refractivity contribution in [2.24, 2.45) is 11.8 Å². The molecule has 0 bridgehead atoms. The number of nitrogens with zero attached hydrogens (tertiary/aromatic N) is 1. The third kappa shape index (κ3) is 4.63. The molecule has 210 valence electrons. The lowest BCUT2D eigenvalue weighted by Gasteiger charge is -2.43. The van der Waals surface area contributed by atoms with Gasteiger partial charge in [-0.05, 0) is 15.4 Å². The second-order valence-corrected chi connectivity index (χ2v) is 15.3. The molecule has 40 heavy (non-hydrogen) atoms. The number of aromatic amines is 1. The second-order valence-electron chi connectivity index (χ2n) is 11.0. The Hall–Kier alpha value is -3.80. The molecule has 5 rings (SSSR count). The maximum atomic E-state index is 12.9. The van der Waals surface area contributed by atoms with Crippen LogP contribution in [0, 0.1) is 11.8 Å². The second kappa shape index (κ2) is 10.6. The molecule has 3 aromatic rings. The van der Waals surface area contributed by atoms with Gasteiger partial charge in [0.15, 0.2) is 5.92 Å². The first-order chi connectivity index (χ1) is 19.1. The van der Waals surface area contributed by atoms with Gasteiger partial charge in [-0.25, -0.2) is 4.79 Å². The number of aromatic nitrogens is 2. The van der Waals surface area contributed by atoms with E-state index in [1.165, 1.54) is 23.9 Å². The van der Waals surface area contributed by atoms with Crippen LogP contribution in [0.5, 0.6) is 0 Å². The van der Waals surface area contributed by atoms with Gasteiger partial charge in [0.05, 0.1) is 19.6 Å². The maximum absolute atomic E-state index is 12.9. The SMILES string of the molecule is COC(=O)[C@H]1C(=O)O[C@H]2[C@@H]1[C@H](n1ccc(=O)[nH]c1=O)O[C@@H]2CO[Si](c1ccccc1)(c1ccccc1)C(C)(C)C. The molecular weight excluding hydrogens is 532 g/mol. The van der Waals surface area contributed by atoms with Gasteiger partial charge in [-0.3, -0.25) is 23.9 Å². The number of esters is 2. The van der Waals surface area contributed by atoms with Gasteiger partial charge in [0, 0.05) is 12.3 Å². The highest BCUT2D eigenvalue weighted by Gasteiger charge is 2.62. The standard InChI is InChI=1S/C29H32N2O8Si/c1-29(2,3)40(18-11-7-5-8-12-18,19-13-9-6-10-14-19)37-17-20-24-22(23(26(33)36-4)27(34)39-24)25(38-20)31-16-15-21(32)30-28(31)35/h5-16,20,22-25H,17H2,1-4H3,(H,30,32,35)/t20-,22-,23+,24-,25-/m1/s1. The van der Waals surface area contributed by atoms with E-state index in [1.807, 2.05) is 36.4 Å². The van der Waals surface area contributed by atoms with Crippen molar-refractivity contribution >= 4 is 30.6 Å². The Balaban J connectivity index is 1.56. The predicted octanol–water partition coefficient (Wildman–Crippen LogP) is 1.34. The summed E-state index contributed by atoms with van der Waals surface area (Å²) in [7, 11) is -1.79. The zero-order valence-corrected chi connectivity index (χ0v) is 23.7. The number of carbonyl (C=O) groups is 2. The lowest BCUT2D eigenvalue weighted by atomic mass is 9.88. The van der Waals surface area contributed by atoms with E-state index < -0.39 is 61.8 Å². The summed E-state index contributed by atoms with van der Waals surface area (Å²) in [5.74, 6) is -3.69. The summed E-state index contributed by atoms with van der Waals surface area (Å²) in [6.07, 6.45) is -1.46. The third-order valence-corrected chi connectivity index (χ3v) is 12.7. The summed E-state index contributed by atoms with van der Waals surface area (Å²) < 4.78 is 25.1. The van der Waals surface area contributed by atoms with Crippen molar-refractivity contribution in [2.75, 3.05) is 13.7 Å². The molecule has 2 fully saturated rings. The zero-order valence-electron chi connectivity index (χ0n) is 22.7. The Morgan fingerprint density at radius 3 is 2.10 bits per heavy atom. The average Bonchev–Trinajstić information content (AvgIpc) is 3.44. The highest BCUT2D eigenvalue weighted by molar-refractivity contribution is 6.99. The van der Waals surface area contributed by atoms with Gasteiger partial charge < -0.3 is 18.6 Å². The summed E-state index contributed by atoms with van der Waals surface area (Å²) in [6.45, 7) is 6.46. The van der Waals surface area contributed by atoms with Gasteiger partial charge in [0.25, 0.3) is 13.9 Å². The largest absolute Gasteiger partial charge is 0.468 e. The first kappa shape index (κ1) is 27.8. The number of nitrogens with one attached hydrogen (secondary N) is 1. The van der Waals surface area contributed by atoms with Gasteiger partial charge in [0.2, 0.25) is 0 Å². The maximum Gasteiger partial charge on any atom is 0.330 e.